The van der Waals surface area contributed by atoms with Crippen LogP contribution in [0.4, 0.5) is 8.78 Å². The molecule has 19 heavy (non-hydrogen) atoms. The Balaban J connectivity index is 2.31. The van der Waals surface area contributed by atoms with Gasteiger partial charge in [-0.05, 0) is 60.9 Å². The summed E-state index contributed by atoms with van der Waals surface area (Å²) in [6, 6.07) is 3.11. The number of hydrogen-bond acceptors (Lipinski definition) is 1. The van der Waals surface area contributed by atoms with E-state index < -0.39 is 0 Å². The van der Waals surface area contributed by atoms with Gasteiger partial charge in [0.05, 0.1) is 0 Å². The van der Waals surface area contributed by atoms with Crippen LogP contribution in [0.5, 0.6) is 0 Å². The van der Waals surface area contributed by atoms with E-state index in [2.05, 4.69) is 26.1 Å². The zero-order chi connectivity index (χ0) is 14.2. The second-order valence-electron chi connectivity index (χ2n) is 5.88. The molecule has 0 aliphatic heterocycles. The van der Waals surface area contributed by atoms with Gasteiger partial charge in [0.25, 0.3) is 0 Å². The Morgan fingerprint density at radius 2 is 1.95 bits per heavy atom. The lowest BCUT2D eigenvalue weighted by Gasteiger charge is -2.55. The summed E-state index contributed by atoms with van der Waals surface area (Å²) in [7, 11) is 0. The fourth-order valence-electron chi connectivity index (χ4n) is 3.32. The Kier molecular flexibility index (Phi) is 3.95. The van der Waals surface area contributed by atoms with Gasteiger partial charge in [-0.25, -0.2) is 8.78 Å². The summed E-state index contributed by atoms with van der Waals surface area (Å²) in [5.41, 5.74) is 0.932. The highest BCUT2D eigenvalue weighted by Gasteiger charge is 2.51. The minimum atomic E-state index is -0.304. The standard InChI is InChI=1S/C16H23F2N/c1-5-16(4)12(9-15(16)19-6-2)11-8-13(17)10(3)7-14(11)18/h7-8,12,15,19H,5-6,9H2,1-4H3. The fraction of sp³-hybridized carbons (Fsp3) is 0.625. The van der Waals surface area contributed by atoms with Gasteiger partial charge in [0.15, 0.2) is 0 Å². The molecule has 0 amide bonds. The third kappa shape index (κ3) is 2.29. The lowest BCUT2D eigenvalue weighted by atomic mass is 9.54. The predicted molar refractivity (Wildman–Crippen MR) is 74.3 cm³/mol. The quantitative estimate of drug-likeness (QED) is 0.864. The first-order chi connectivity index (χ1) is 8.93. The van der Waals surface area contributed by atoms with Gasteiger partial charge in [0, 0.05) is 6.04 Å². The summed E-state index contributed by atoms with van der Waals surface area (Å²) >= 11 is 0. The maximum atomic E-state index is 14.1. The average Bonchev–Trinajstić information content (AvgIpc) is 2.38. The van der Waals surface area contributed by atoms with Gasteiger partial charge in [0.1, 0.15) is 11.6 Å². The molecular weight excluding hydrogens is 244 g/mol. The van der Waals surface area contributed by atoms with Gasteiger partial charge in [-0.2, -0.15) is 0 Å². The van der Waals surface area contributed by atoms with Crippen LogP contribution in [0.25, 0.3) is 0 Å². The van der Waals surface area contributed by atoms with Gasteiger partial charge in [-0.15, -0.1) is 0 Å². The largest absolute Gasteiger partial charge is 0.314 e. The molecule has 1 N–H and O–H groups in total. The molecule has 1 fully saturated rings. The van der Waals surface area contributed by atoms with Crippen molar-refractivity contribution in [3.63, 3.8) is 0 Å². The van der Waals surface area contributed by atoms with E-state index in [4.69, 9.17) is 0 Å². The van der Waals surface area contributed by atoms with E-state index in [1.54, 1.807) is 6.92 Å². The Bertz CT molecular complexity index is 472. The molecule has 1 aromatic rings. The SMILES string of the molecule is CCNC1CC(c2cc(F)c(C)cc2F)C1(C)CC. The van der Waals surface area contributed by atoms with E-state index in [1.165, 1.54) is 12.1 Å². The van der Waals surface area contributed by atoms with Crippen LogP contribution >= 0.6 is 0 Å². The smallest absolute Gasteiger partial charge is 0.127 e. The van der Waals surface area contributed by atoms with Gasteiger partial charge >= 0.3 is 0 Å². The monoisotopic (exact) mass is 267 g/mol. The van der Waals surface area contributed by atoms with Gasteiger partial charge in [-0.1, -0.05) is 20.8 Å². The number of halogens is 2. The number of hydrogen-bond donors (Lipinski definition) is 1. The first kappa shape index (κ1) is 14.4. The van der Waals surface area contributed by atoms with E-state index >= 15 is 0 Å². The highest BCUT2D eigenvalue weighted by atomic mass is 19.1. The molecule has 3 atom stereocenters. The van der Waals surface area contributed by atoms with Crippen molar-refractivity contribution in [1.82, 2.24) is 5.32 Å². The molecule has 0 radical (unpaired) electrons. The maximum absolute atomic E-state index is 14.1. The van der Waals surface area contributed by atoms with Crippen molar-refractivity contribution in [2.45, 2.75) is 52.5 Å². The third-order valence-corrected chi connectivity index (χ3v) is 4.93. The highest BCUT2D eigenvalue weighted by molar-refractivity contribution is 5.33. The first-order valence-electron chi connectivity index (χ1n) is 7.13. The molecule has 0 heterocycles. The van der Waals surface area contributed by atoms with Crippen LogP contribution in [0, 0.1) is 24.0 Å². The molecule has 2 rings (SSSR count). The van der Waals surface area contributed by atoms with E-state index in [1.807, 2.05) is 0 Å². The molecular formula is C16H23F2N. The second kappa shape index (κ2) is 5.20. The second-order valence-corrected chi connectivity index (χ2v) is 5.88. The average molecular weight is 267 g/mol. The van der Waals surface area contributed by atoms with Gasteiger partial charge in [-0.3, -0.25) is 0 Å². The molecule has 1 aromatic carbocycles. The molecule has 106 valence electrons. The van der Waals surface area contributed by atoms with Gasteiger partial charge < -0.3 is 5.32 Å². The number of rotatable bonds is 4. The van der Waals surface area contributed by atoms with Crippen molar-refractivity contribution in [1.29, 1.82) is 0 Å². The first-order valence-corrected chi connectivity index (χ1v) is 7.13. The topological polar surface area (TPSA) is 12.0 Å². The lowest BCUT2D eigenvalue weighted by molar-refractivity contribution is 0.0433. The van der Waals surface area contributed by atoms with Gasteiger partial charge in [0.2, 0.25) is 0 Å². The van der Waals surface area contributed by atoms with Crippen LogP contribution in [0.3, 0.4) is 0 Å². The summed E-state index contributed by atoms with van der Waals surface area (Å²) in [6.45, 7) is 8.89. The zero-order valence-corrected chi connectivity index (χ0v) is 12.2. The van der Waals surface area contributed by atoms with Crippen LogP contribution in [0.15, 0.2) is 12.1 Å². The van der Waals surface area contributed by atoms with Crippen LogP contribution in [0.1, 0.15) is 50.7 Å². The molecule has 0 saturated heterocycles. The lowest BCUT2D eigenvalue weighted by Crippen LogP contribution is -2.56. The Labute approximate surface area is 114 Å². The fourth-order valence-corrected chi connectivity index (χ4v) is 3.32. The van der Waals surface area contributed by atoms with E-state index in [0.717, 1.165) is 19.4 Å². The van der Waals surface area contributed by atoms with E-state index in [-0.39, 0.29) is 23.0 Å². The Morgan fingerprint density at radius 3 is 2.53 bits per heavy atom. The van der Waals surface area contributed by atoms with Crippen molar-refractivity contribution >= 4 is 0 Å². The predicted octanol–water partition coefficient (Wildman–Crippen LogP) is 4.15. The maximum Gasteiger partial charge on any atom is 0.127 e. The molecule has 0 spiro atoms. The zero-order valence-electron chi connectivity index (χ0n) is 12.2. The number of nitrogens with one attached hydrogen (secondary N) is 1. The summed E-state index contributed by atoms with van der Waals surface area (Å²) < 4.78 is 27.8. The molecule has 1 aliphatic rings. The van der Waals surface area contributed by atoms with Crippen LogP contribution in [0.2, 0.25) is 0 Å². The summed E-state index contributed by atoms with van der Waals surface area (Å²) in [5.74, 6) is -0.461. The summed E-state index contributed by atoms with van der Waals surface area (Å²) in [5, 5.41) is 3.45. The van der Waals surface area contributed by atoms with Crippen molar-refractivity contribution in [2.75, 3.05) is 6.54 Å². The summed E-state index contributed by atoms with van der Waals surface area (Å²) in [6.07, 6.45) is 1.85. The Morgan fingerprint density at radius 1 is 1.26 bits per heavy atom. The molecule has 1 nitrogen and oxygen atoms in total. The van der Waals surface area contributed by atoms with Crippen molar-refractivity contribution in [2.24, 2.45) is 5.41 Å². The molecule has 3 unspecified atom stereocenters. The Hall–Kier alpha value is -0.960. The molecule has 0 bridgehead atoms. The van der Waals surface area contributed by atoms with Crippen molar-refractivity contribution in [3.05, 3.63) is 34.9 Å². The van der Waals surface area contributed by atoms with Crippen LogP contribution in [-0.4, -0.2) is 12.6 Å². The molecule has 1 aliphatic carbocycles. The van der Waals surface area contributed by atoms with E-state index in [9.17, 15) is 8.78 Å². The number of benzene rings is 1. The van der Waals surface area contributed by atoms with Crippen LogP contribution < -0.4 is 5.32 Å². The molecule has 3 heteroatoms. The third-order valence-electron chi connectivity index (χ3n) is 4.93. The minimum Gasteiger partial charge on any atom is -0.314 e. The van der Waals surface area contributed by atoms with Crippen molar-refractivity contribution in [3.8, 4) is 0 Å². The normalized spacial score (nSPS) is 30.2. The highest BCUT2D eigenvalue weighted by Crippen LogP contribution is 2.55. The minimum absolute atomic E-state index is 0.0124. The number of aryl methyl sites for hydroxylation is 1. The van der Waals surface area contributed by atoms with E-state index in [0.29, 0.717) is 17.2 Å². The molecule has 0 aromatic heterocycles. The van der Waals surface area contributed by atoms with Crippen LogP contribution in [-0.2, 0) is 0 Å². The summed E-state index contributed by atoms with van der Waals surface area (Å²) in [4.78, 5) is 0. The molecule has 1 saturated carbocycles. The van der Waals surface area contributed by atoms with Crippen molar-refractivity contribution < 1.29 is 8.78 Å².